The summed E-state index contributed by atoms with van der Waals surface area (Å²) < 4.78 is 0. The van der Waals surface area contributed by atoms with Crippen LogP contribution in [0, 0.1) is 0 Å². The molecule has 0 radical (unpaired) electrons. The summed E-state index contributed by atoms with van der Waals surface area (Å²) >= 11 is 0. The molecule has 0 fully saturated rings. The van der Waals surface area contributed by atoms with E-state index in [1.54, 1.807) is 0 Å². The first-order valence-electron chi connectivity index (χ1n) is 8.74. The Bertz CT molecular complexity index is 886. The maximum Gasteiger partial charge on any atom is 0.326 e. The number of aromatic nitrogens is 1. The summed E-state index contributed by atoms with van der Waals surface area (Å²) in [6, 6.07) is 16.7. The van der Waals surface area contributed by atoms with Crippen LogP contribution in [-0.2, 0) is 22.4 Å². The Morgan fingerprint density at radius 3 is 2.54 bits per heavy atom. The number of aromatic amines is 1. The highest BCUT2D eigenvalue weighted by atomic mass is 16.4. The van der Waals surface area contributed by atoms with Gasteiger partial charge in [0.2, 0.25) is 5.91 Å². The SMILES string of the molecule is O=C(CCCc1ccccc1)NC(Cc1c[nH]c2ccccc12)C(=O)O. The first-order chi connectivity index (χ1) is 12.6. The van der Waals surface area contributed by atoms with E-state index in [-0.39, 0.29) is 12.3 Å². The number of aliphatic carboxylic acids is 1. The number of nitrogens with one attached hydrogen (secondary N) is 2. The molecule has 5 nitrogen and oxygen atoms in total. The number of aryl methyl sites for hydroxylation is 1. The van der Waals surface area contributed by atoms with Gasteiger partial charge in [0.25, 0.3) is 0 Å². The van der Waals surface area contributed by atoms with Gasteiger partial charge in [-0.2, -0.15) is 0 Å². The van der Waals surface area contributed by atoms with Crippen molar-refractivity contribution in [3.05, 3.63) is 71.9 Å². The minimum absolute atomic E-state index is 0.229. The third kappa shape index (κ3) is 4.51. The lowest BCUT2D eigenvalue weighted by Crippen LogP contribution is -2.42. The summed E-state index contributed by atoms with van der Waals surface area (Å²) in [7, 11) is 0. The third-order valence-corrected chi connectivity index (χ3v) is 4.44. The Balaban J connectivity index is 1.56. The highest BCUT2D eigenvalue weighted by Gasteiger charge is 2.21. The van der Waals surface area contributed by atoms with E-state index in [4.69, 9.17) is 0 Å². The van der Waals surface area contributed by atoms with E-state index in [0.29, 0.717) is 12.8 Å². The predicted octanol–water partition coefficient (Wildman–Crippen LogP) is 3.30. The minimum atomic E-state index is -1.02. The molecule has 0 bridgehead atoms. The van der Waals surface area contributed by atoms with Crippen molar-refractivity contribution in [1.29, 1.82) is 0 Å². The van der Waals surface area contributed by atoms with Gasteiger partial charge in [0.1, 0.15) is 6.04 Å². The molecule has 0 aliphatic heterocycles. The largest absolute Gasteiger partial charge is 0.480 e. The fourth-order valence-electron chi connectivity index (χ4n) is 3.08. The number of hydrogen-bond donors (Lipinski definition) is 3. The average molecular weight is 350 g/mol. The molecule has 3 rings (SSSR count). The van der Waals surface area contributed by atoms with Crippen molar-refractivity contribution < 1.29 is 14.7 Å². The maximum atomic E-state index is 12.2. The Kier molecular flexibility index (Phi) is 5.69. The molecule has 0 saturated heterocycles. The first-order valence-corrected chi connectivity index (χ1v) is 8.74. The summed E-state index contributed by atoms with van der Waals surface area (Å²) in [5, 5.41) is 13.1. The van der Waals surface area contributed by atoms with Gasteiger partial charge < -0.3 is 15.4 Å². The molecule has 0 aliphatic rings. The molecule has 1 heterocycles. The molecule has 1 atom stereocenters. The quantitative estimate of drug-likeness (QED) is 0.583. The van der Waals surface area contributed by atoms with Gasteiger partial charge in [-0.05, 0) is 30.0 Å². The number of rotatable bonds is 8. The number of amides is 1. The highest BCUT2D eigenvalue weighted by molar-refractivity contribution is 5.86. The van der Waals surface area contributed by atoms with E-state index in [9.17, 15) is 14.7 Å². The second-order valence-electron chi connectivity index (χ2n) is 6.36. The topological polar surface area (TPSA) is 82.2 Å². The van der Waals surface area contributed by atoms with Gasteiger partial charge in [-0.3, -0.25) is 4.79 Å². The molecular formula is C21H22N2O3. The molecule has 1 unspecified atom stereocenters. The van der Waals surface area contributed by atoms with Crippen LogP contribution >= 0.6 is 0 Å². The molecular weight excluding hydrogens is 328 g/mol. The van der Waals surface area contributed by atoms with E-state index in [2.05, 4.69) is 10.3 Å². The van der Waals surface area contributed by atoms with Crippen LogP contribution in [0.3, 0.4) is 0 Å². The summed E-state index contributed by atoms with van der Waals surface area (Å²) in [4.78, 5) is 26.9. The molecule has 0 aliphatic carbocycles. The Morgan fingerprint density at radius 1 is 1.04 bits per heavy atom. The van der Waals surface area contributed by atoms with Crippen LogP contribution in [0.5, 0.6) is 0 Å². The maximum absolute atomic E-state index is 12.2. The van der Waals surface area contributed by atoms with Gasteiger partial charge in [0.05, 0.1) is 0 Å². The van der Waals surface area contributed by atoms with Crippen molar-refractivity contribution >= 4 is 22.8 Å². The van der Waals surface area contributed by atoms with Gasteiger partial charge in [-0.1, -0.05) is 48.5 Å². The van der Waals surface area contributed by atoms with Gasteiger partial charge in [0.15, 0.2) is 0 Å². The van der Waals surface area contributed by atoms with Gasteiger partial charge in [-0.15, -0.1) is 0 Å². The Morgan fingerprint density at radius 2 is 1.77 bits per heavy atom. The van der Waals surface area contributed by atoms with Crippen LogP contribution in [0.15, 0.2) is 60.8 Å². The van der Waals surface area contributed by atoms with Gasteiger partial charge in [-0.25, -0.2) is 4.79 Å². The smallest absolute Gasteiger partial charge is 0.326 e. The van der Waals surface area contributed by atoms with E-state index < -0.39 is 12.0 Å². The molecule has 3 aromatic rings. The highest BCUT2D eigenvalue weighted by Crippen LogP contribution is 2.19. The van der Waals surface area contributed by atoms with Gasteiger partial charge in [0, 0.05) is 29.9 Å². The second-order valence-corrected chi connectivity index (χ2v) is 6.36. The summed E-state index contributed by atoms with van der Waals surface area (Å²) in [5.74, 6) is -1.25. The van der Waals surface area contributed by atoms with E-state index >= 15 is 0 Å². The van der Waals surface area contributed by atoms with Crippen LogP contribution in [0.25, 0.3) is 10.9 Å². The average Bonchev–Trinajstić information content (AvgIpc) is 3.05. The summed E-state index contributed by atoms with van der Waals surface area (Å²) in [5.41, 5.74) is 3.02. The molecule has 3 N–H and O–H groups in total. The molecule has 1 aromatic heterocycles. The fraction of sp³-hybridized carbons (Fsp3) is 0.238. The zero-order valence-electron chi connectivity index (χ0n) is 14.4. The lowest BCUT2D eigenvalue weighted by molar-refractivity contribution is -0.141. The molecule has 26 heavy (non-hydrogen) atoms. The number of fused-ring (bicyclic) bond motifs is 1. The molecule has 134 valence electrons. The van der Waals surface area contributed by atoms with Crippen LogP contribution < -0.4 is 5.32 Å². The number of carbonyl (C=O) groups excluding carboxylic acids is 1. The van der Waals surface area contributed by atoms with Crippen molar-refractivity contribution in [2.24, 2.45) is 0 Å². The van der Waals surface area contributed by atoms with Crippen LogP contribution in [0.2, 0.25) is 0 Å². The predicted molar refractivity (Wildman–Crippen MR) is 101 cm³/mol. The molecule has 2 aromatic carbocycles. The molecule has 5 heteroatoms. The van der Waals surface area contributed by atoms with Gasteiger partial charge >= 0.3 is 5.97 Å². The van der Waals surface area contributed by atoms with Crippen molar-refractivity contribution in [2.75, 3.05) is 0 Å². The van der Waals surface area contributed by atoms with Crippen molar-refractivity contribution in [1.82, 2.24) is 10.3 Å². The van der Waals surface area contributed by atoms with Crippen molar-refractivity contribution in [3.63, 3.8) is 0 Å². The zero-order valence-corrected chi connectivity index (χ0v) is 14.4. The molecule has 0 spiro atoms. The number of carbonyl (C=O) groups is 2. The van der Waals surface area contributed by atoms with Crippen molar-refractivity contribution in [2.45, 2.75) is 31.7 Å². The number of hydrogen-bond acceptors (Lipinski definition) is 2. The number of para-hydroxylation sites is 1. The Hall–Kier alpha value is -3.08. The standard InChI is InChI=1S/C21H22N2O3/c24-20(12-6-9-15-7-2-1-3-8-15)23-19(21(25)26)13-16-14-22-18-11-5-4-10-17(16)18/h1-5,7-8,10-11,14,19,22H,6,9,12-13H2,(H,23,24)(H,25,26). The minimum Gasteiger partial charge on any atom is -0.480 e. The zero-order chi connectivity index (χ0) is 18.4. The monoisotopic (exact) mass is 350 g/mol. The lowest BCUT2D eigenvalue weighted by atomic mass is 10.0. The summed E-state index contributed by atoms with van der Waals surface area (Å²) in [6.07, 6.45) is 3.86. The fourth-order valence-corrected chi connectivity index (χ4v) is 3.08. The number of H-pyrrole nitrogens is 1. The van der Waals surface area contributed by atoms with E-state index in [0.717, 1.165) is 22.9 Å². The molecule has 0 saturated carbocycles. The van der Waals surface area contributed by atoms with Crippen molar-refractivity contribution in [3.8, 4) is 0 Å². The van der Waals surface area contributed by atoms with E-state index in [1.807, 2.05) is 60.8 Å². The van der Waals surface area contributed by atoms with Crippen LogP contribution in [-0.4, -0.2) is 28.0 Å². The van der Waals surface area contributed by atoms with E-state index in [1.165, 1.54) is 5.56 Å². The second kappa shape index (κ2) is 8.34. The number of benzene rings is 2. The third-order valence-electron chi connectivity index (χ3n) is 4.44. The molecule has 1 amide bonds. The van der Waals surface area contributed by atoms with Crippen LogP contribution in [0.4, 0.5) is 0 Å². The summed E-state index contributed by atoms with van der Waals surface area (Å²) in [6.45, 7) is 0. The number of carboxylic acid groups (broad SMARTS) is 1. The first kappa shape index (κ1) is 17.7. The van der Waals surface area contributed by atoms with Crippen LogP contribution in [0.1, 0.15) is 24.0 Å². The Labute approximate surface area is 152 Å². The number of carboxylic acids is 1. The lowest BCUT2D eigenvalue weighted by Gasteiger charge is -2.14. The normalized spacial score (nSPS) is 12.0.